The SMILES string of the molecule is Cc1cccc2c(C(=O)N3CCN(Cc4ccc(C(=O)NO)cc4)CC3)c[nH]c12. The zero-order valence-electron chi connectivity index (χ0n) is 16.3. The molecule has 1 aliphatic rings. The van der Waals surface area contributed by atoms with Gasteiger partial charge in [-0.05, 0) is 30.2 Å². The predicted octanol–water partition coefficient (Wildman–Crippen LogP) is 2.55. The molecule has 1 saturated heterocycles. The van der Waals surface area contributed by atoms with E-state index in [-0.39, 0.29) is 5.91 Å². The quantitative estimate of drug-likeness (QED) is 0.470. The van der Waals surface area contributed by atoms with Crippen molar-refractivity contribution in [2.75, 3.05) is 26.2 Å². The van der Waals surface area contributed by atoms with E-state index in [4.69, 9.17) is 5.21 Å². The summed E-state index contributed by atoms with van der Waals surface area (Å²) in [5.74, 6) is -0.447. The Morgan fingerprint density at radius 1 is 1.07 bits per heavy atom. The molecule has 7 heteroatoms. The number of aromatic amines is 1. The third kappa shape index (κ3) is 3.87. The van der Waals surface area contributed by atoms with Gasteiger partial charge in [0.15, 0.2) is 0 Å². The lowest BCUT2D eigenvalue weighted by Crippen LogP contribution is -2.48. The standard InChI is InChI=1S/C22H24N4O3/c1-15-3-2-4-18-19(13-23-20(15)18)22(28)26-11-9-25(10-12-26)14-16-5-7-17(8-6-16)21(27)24-29/h2-8,13,23,29H,9-12,14H2,1H3,(H,24,27). The van der Waals surface area contributed by atoms with Crippen molar-refractivity contribution in [3.63, 3.8) is 0 Å². The second-order valence-electron chi connectivity index (χ2n) is 7.41. The highest BCUT2D eigenvalue weighted by Gasteiger charge is 2.24. The highest BCUT2D eigenvalue weighted by Crippen LogP contribution is 2.23. The molecular formula is C22H24N4O3. The number of nitrogens with zero attached hydrogens (tertiary/aromatic N) is 2. The second kappa shape index (κ2) is 8.06. The van der Waals surface area contributed by atoms with Gasteiger partial charge in [0, 0.05) is 55.4 Å². The molecule has 0 radical (unpaired) electrons. The number of hydroxylamine groups is 1. The first-order valence-corrected chi connectivity index (χ1v) is 9.68. The Bertz CT molecular complexity index is 1030. The van der Waals surface area contributed by atoms with Gasteiger partial charge < -0.3 is 9.88 Å². The Balaban J connectivity index is 1.37. The summed E-state index contributed by atoms with van der Waals surface area (Å²) >= 11 is 0. The van der Waals surface area contributed by atoms with Crippen LogP contribution >= 0.6 is 0 Å². The van der Waals surface area contributed by atoms with Crippen molar-refractivity contribution in [1.82, 2.24) is 20.3 Å². The van der Waals surface area contributed by atoms with Crippen LogP contribution in [0.4, 0.5) is 0 Å². The van der Waals surface area contributed by atoms with E-state index >= 15 is 0 Å². The Morgan fingerprint density at radius 2 is 1.79 bits per heavy atom. The summed E-state index contributed by atoms with van der Waals surface area (Å²) in [5.41, 5.74) is 6.03. The first-order valence-electron chi connectivity index (χ1n) is 9.68. The molecule has 0 bridgehead atoms. The van der Waals surface area contributed by atoms with Crippen LogP contribution in [0.1, 0.15) is 31.8 Å². The number of carbonyl (C=O) groups is 2. The minimum Gasteiger partial charge on any atom is -0.360 e. The summed E-state index contributed by atoms with van der Waals surface area (Å²) in [4.78, 5) is 31.9. The van der Waals surface area contributed by atoms with Crippen LogP contribution in [0.25, 0.3) is 10.9 Å². The smallest absolute Gasteiger partial charge is 0.274 e. The number of fused-ring (bicyclic) bond motifs is 1. The third-order valence-corrected chi connectivity index (χ3v) is 5.54. The van der Waals surface area contributed by atoms with Gasteiger partial charge in [0.25, 0.3) is 11.8 Å². The van der Waals surface area contributed by atoms with Gasteiger partial charge in [-0.15, -0.1) is 0 Å². The van der Waals surface area contributed by atoms with Gasteiger partial charge in [0.1, 0.15) is 0 Å². The zero-order valence-corrected chi connectivity index (χ0v) is 16.3. The molecule has 4 rings (SSSR count). The Kier molecular flexibility index (Phi) is 5.33. The van der Waals surface area contributed by atoms with Crippen LogP contribution in [-0.4, -0.2) is 58.0 Å². The molecular weight excluding hydrogens is 368 g/mol. The molecule has 0 spiro atoms. The van der Waals surface area contributed by atoms with Crippen LogP contribution < -0.4 is 5.48 Å². The molecule has 2 aromatic carbocycles. The molecule has 1 aromatic heterocycles. The van der Waals surface area contributed by atoms with E-state index in [9.17, 15) is 9.59 Å². The number of hydrogen-bond acceptors (Lipinski definition) is 4. The monoisotopic (exact) mass is 392 g/mol. The van der Waals surface area contributed by atoms with E-state index in [2.05, 4.69) is 9.88 Å². The maximum atomic E-state index is 13.0. The van der Waals surface area contributed by atoms with Crippen molar-refractivity contribution >= 4 is 22.7 Å². The van der Waals surface area contributed by atoms with Crippen LogP contribution in [0, 0.1) is 6.92 Å². The molecule has 1 aliphatic heterocycles. The number of rotatable bonds is 4. The first kappa shape index (κ1) is 19.2. The second-order valence-corrected chi connectivity index (χ2v) is 7.41. The molecule has 3 aromatic rings. The third-order valence-electron chi connectivity index (χ3n) is 5.54. The van der Waals surface area contributed by atoms with Gasteiger partial charge in [0.05, 0.1) is 5.56 Å². The van der Waals surface area contributed by atoms with E-state index in [1.807, 2.05) is 48.4 Å². The summed E-state index contributed by atoms with van der Waals surface area (Å²) in [6.45, 7) is 5.76. The maximum Gasteiger partial charge on any atom is 0.274 e. The lowest BCUT2D eigenvalue weighted by molar-refractivity contribution is 0.0630. The van der Waals surface area contributed by atoms with Gasteiger partial charge in [-0.25, -0.2) is 5.48 Å². The highest BCUT2D eigenvalue weighted by atomic mass is 16.5. The molecule has 150 valence electrons. The normalized spacial score (nSPS) is 14.9. The number of hydrogen-bond donors (Lipinski definition) is 3. The number of carbonyl (C=O) groups excluding carboxylic acids is 2. The molecule has 2 amide bonds. The largest absolute Gasteiger partial charge is 0.360 e. The van der Waals surface area contributed by atoms with E-state index < -0.39 is 5.91 Å². The number of aryl methyl sites for hydroxylation is 1. The Hall–Kier alpha value is -3.16. The fourth-order valence-electron chi connectivity index (χ4n) is 3.85. The summed E-state index contributed by atoms with van der Waals surface area (Å²) < 4.78 is 0. The molecule has 0 aliphatic carbocycles. The first-order chi connectivity index (χ1) is 14.1. The number of H-pyrrole nitrogens is 1. The molecule has 2 heterocycles. The van der Waals surface area contributed by atoms with Crippen molar-refractivity contribution in [2.24, 2.45) is 0 Å². The molecule has 0 unspecified atom stereocenters. The lowest BCUT2D eigenvalue weighted by atomic mass is 10.1. The average molecular weight is 392 g/mol. The summed E-state index contributed by atoms with van der Waals surface area (Å²) in [7, 11) is 0. The van der Waals surface area contributed by atoms with Crippen LogP contribution in [-0.2, 0) is 6.54 Å². The molecule has 7 nitrogen and oxygen atoms in total. The fourth-order valence-corrected chi connectivity index (χ4v) is 3.85. The number of aromatic nitrogens is 1. The van der Waals surface area contributed by atoms with E-state index in [1.54, 1.807) is 17.6 Å². The average Bonchev–Trinajstić information content (AvgIpc) is 3.19. The van der Waals surface area contributed by atoms with Crippen molar-refractivity contribution < 1.29 is 14.8 Å². The van der Waals surface area contributed by atoms with Crippen molar-refractivity contribution in [1.29, 1.82) is 0 Å². The molecule has 3 N–H and O–H groups in total. The summed E-state index contributed by atoms with van der Waals surface area (Å²) in [6.07, 6.45) is 1.82. The van der Waals surface area contributed by atoms with E-state index in [0.717, 1.165) is 47.2 Å². The fraction of sp³-hybridized carbons (Fsp3) is 0.273. The van der Waals surface area contributed by atoms with Gasteiger partial charge in [0.2, 0.25) is 0 Å². The lowest BCUT2D eigenvalue weighted by Gasteiger charge is -2.34. The highest BCUT2D eigenvalue weighted by molar-refractivity contribution is 6.07. The van der Waals surface area contributed by atoms with Crippen LogP contribution in [0.3, 0.4) is 0 Å². The topological polar surface area (TPSA) is 88.7 Å². The predicted molar refractivity (Wildman–Crippen MR) is 110 cm³/mol. The van der Waals surface area contributed by atoms with Gasteiger partial charge >= 0.3 is 0 Å². The van der Waals surface area contributed by atoms with Gasteiger partial charge in [-0.3, -0.25) is 19.7 Å². The van der Waals surface area contributed by atoms with E-state index in [1.165, 1.54) is 0 Å². The number of benzene rings is 2. The zero-order chi connectivity index (χ0) is 20.4. The molecule has 1 fully saturated rings. The number of piperazine rings is 1. The summed E-state index contributed by atoms with van der Waals surface area (Å²) in [5, 5.41) is 9.66. The Morgan fingerprint density at radius 3 is 2.48 bits per heavy atom. The van der Waals surface area contributed by atoms with Crippen LogP contribution in [0.5, 0.6) is 0 Å². The van der Waals surface area contributed by atoms with Crippen LogP contribution in [0.15, 0.2) is 48.7 Å². The van der Waals surface area contributed by atoms with Crippen molar-refractivity contribution in [2.45, 2.75) is 13.5 Å². The molecule has 0 atom stereocenters. The molecule has 29 heavy (non-hydrogen) atoms. The van der Waals surface area contributed by atoms with Crippen molar-refractivity contribution in [3.05, 3.63) is 70.9 Å². The maximum absolute atomic E-state index is 13.0. The molecule has 0 saturated carbocycles. The van der Waals surface area contributed by atoms with E-state index in [0.29, 0.717) is 18.7 Å². The van der Waals surface area contributed by atoms with Gasteiger partial charge in [-0.2, -0.15) is 0 Å². The van der Waals surface area contributed by atoms with Gasteiger partial charge in [-0.1, -0.05) is 30.3 Å². The summed E-state index contributed by atoms with van der Waals surface area (Å²) in [6, 6.07) is 13.2. The minimum absolute atomic E-state index is 0.0702. The number of amides is 2. The Labute approximate surface area is 168 Å². The number of nitrogens with one attached hydrogen (secondary N) is 2. The van der Waals surface area contributed by atoms with Crippen molar-refractivity contribution in [3.8, 4) is 0 Å². The number of para-hydroxylation sites is 1. The minimum atomic E-state index is -0.517. The van der Waals surface area contributed by atoms with Crippen LogP contribution in [0.2, 0.25) is 0 Å².